The van der Waals surface area contributed by atoms with Gasteiger partial charge in [0.1, 0.15) is 17.3 Å². The largest absolute Gasteiger partial charge is 0.497 e. The van der Waals surface area contributed by atoms with Crippen LogP contribution in [0.25, 0.3) is 0 Å². The lowest BCUT2D eigenvalue weighted by Gasteiger charge is -2.30. The Labute approximate surface area is 200 Å². The van der Waals surface area contributed by atoms with E-state index in [2.05, 4.69) is 0 Å². The van der Waals surface area contributed by atoms with Crippen molar-refractivity contribution in [1.82, 2.24) is 0 Å². The Balaban J connectivity index is 1.36. The maximum atomic E-state index is 15.4. The minimum atomic E-state index is -2.08. The second kappa shape index (κ2) is 10.3. The summed E-state index contributed by atoms with van der Waals surface area (Å²) in [7, 11) is 2.82. The molecule has 0 amide bonds. The number of carbonyl (C=O) groups is 1. The summed E-state index contributed by atoms with van der Waals surface area (Å²) in [4.78, 5) is 12.1. The van der Waals surface area contributed by atoms with Gasteiger partial charge in [-0.1, -0.05) is 12.1 Å². The van der Waals surface area contributed by atoms with Crippen LogP contribution in [-0.4, -0.2) is 32.5 Å². The zero-order valence-corrected chi connectivity index (χ0v) is 20.2. The predicted molar refractivity (Wildman–Crippen MR) is 127 cm³/mol. The smallest absolute Gasteiger partial charge is 0.343 e. The highest BCUT2D eigenvalue weighted by Gasteiger charge is 2.50. The fourth-order valence-electron chi connectivity index (χ4n) is 5.40. The second-order valence-corrected chi connectivity index (χ2v) is 9.87. The van der Waals surface area contributed by atoms with E-state index in [4.69, 9.17) is 14.2 Å². The summed E-state index contributed by atoms with van der Waals surface area (Å²) < 4.78 is 45.9. The Morgan fingerprint density at radius 1 is 1.03 bits per heavy atom. The lowest BCUT2D eigenvalue weighted by atomic mass is 9.79. The summed E-state index contributed by atoms with van der Waals surface area (Å²) in [6.07, 6.45) is 5.53. The minimum absolute atomic E-state index is 0.136. The molecule has 1 unspecified atom stereocenters. The molecule has 0 aliphatic heterocycles. The van der Waals surface area contributed by atoms with Gasteiger partial charge >= 0.3 is 5.97 Å². The van der Waals surface area contributed by atoms with Crippen molar-refractivity contribution < 1.29 is 27.8 Å². The van der Waals surface area contributed by atoms with E-state index in [0.717, 1.165) is 49.7 Å². The van der Waals surface area contributed by atoms with Crippen LogP contribution in [0.1, 0.15) is 68.4 Å². The number of halogens is 2. The van der Waals surface area contributed by atoms with Crippen LogP contribution >= 0.6 is 0 Å². The van der Waals surface area contributed by atoms with E-state index in [9.17, 15) is 9.18 Å². The highest BCUT2D eigenvalue weighted by atomic mass is 19.1. The maximum absolute atomic E-state index is 15.4. The van der Waals surface area contributed by atoms with E-state index in [0.29, 0.717) is 24.0 Å². The van der Waals surface area contributed by atoms with Crippen LogP contribution in [0.3, 0.4) is 0 Å². The highest BCUT2D eigenvalue weighted by Crippen LogP contribution is 2.50. The zero-order valence-electron chi connectivity index (χ0n) is 20.2. The van der Waals surface area contributed by atoms with E-state index in [1.165, 1.54) is 20.1 Å². The van der Waals surface area contributed by atoms with Crippen LogP contribution in [0.4, 0.5) is 8.78 Å². The van der Waals surface area contributed by atoms with E-state index in [1.807, 2.05) is 30.3 Å². The molecule has 2 aromatic rings. The number of esters is 1. The zero-order chi connectivity index (χ0) is 24.3. The highest BCUT2D eigenvalue weighted by molar-refractivity contribution is 5.80. The molecule has 0 heterocycles. The molecule has 0 radical (unpaired) electrons. The topological polar surface area (TPSA) is 44.8 Å². The first-order valence-electron chi connectivity index (χ1n) is 12.2. The van der Waals surface area contributed by atoms with Gasteiger partial charge in [-0.2, -0.15) is 0 Å². The van der Waals surface area contributed by atoms with Gasteiger partial charge in [0.2, 0.25) is 5.67 Å². The van der Waals surface area contributed by atoms with Gasteiger partial charge in [0, 0.05) is 5.92 Å². The third kappa shape index (κ3) is 5.37. The van der Waals surface area contributed by atoms with Crippen molar-refractivity contribution in [2.24, 2.45) is 11.8 Å². The first-order chi connectivity index (χ1) is 16.3. The van der Waals surface area contributed by atoms with Crippen molar-refractivity contribution in [3.63, 3.8) is 0 Å². The molecule has 4 rings (SSSR count). The maximum Gasteiger partial charge on any atom is 0.343 e. The molecule has 2 atom stereocenters. The molecule has 0 N–H and O–H groups in total. The van der Waals surface area contributed by atoms with Gasteiger partial charge in [-0.3, -0.25) is 0 Å². The lowest BCUT2D eigenvalue weighted by Crippen LogP contribution is -2.39. The Bertz CT molecular complexity index is 994. The van der Waals surface area contributed by atoms with Crippen molar-refractivity contribution in [2.45, 2.75) is 63.0 Å². The van der Waals surface area contributed by atoms with Crippen molar-refractivity contribution in [1.29, 1.82) is 0 Å². The average molecular weight is 473 g/mol. The number of hydrogen-bond donors (Lipinski definition) is 0. The molecule has 0 bridgehead atoms. The molecule has 2 aromatic carbocycles. The molecule has 0 aromatic heterocycles. The SMILES string of the molecule is COC(=O)C(C)(F)[C@H](c1cccc(OCC2CCC(c3cc(OC)ccc3F)CC2)c1)C1CC1. The van der Waals surface area contributed by atoms with Crippen LogP contribution < -0.4 is 9.47 Å². The molecular weight excluding hydrogens is 438 g/mol. The molecule has 4 nitrogen and oxygen atoms in total. The molecular formula is C28H34F2O4. The molecule has 6 heteroatoms. The standard InChI is InChI=1S/C28H34F2O4/c1-28(30,27(31)33-3)26(20-11-12-20)21-5-4-6-23(15-21)34-17-18-7-9-19(10-8-18)24-16-22(32-2)13-14-25(24)29/h4-6,13-16,18-20,26H,7-12,17H2,1-3H3/t18?,19?,26-,28?/m0/s1. The van der Waals surface area contributed by atoms with Crippen molar-refractivity contribution in [2.75, 3.05) is 20.8 Å². The van der Waals surface area contributed by atoms with Crippen molar-refractivity contribution >= 4 is 5.97 Å². The van der Waals surface area contributed by atoms with E-state index >= 15 is 4.39 Å². The summed E-state index contributed by atoms with van der Waals surface area (Å²) in [5.41, 5.74) is -0.576. The van der Waals surface area contributed by atoms with Gasteiger partial charge in [-0.15, -0.1) is 0 Å². The van der Waals surface area contributed by atoms with Crippen molar-refractivity contribution in [3.05, 3.63) is 59.4 Å². The summed E-state index contributed by atoms with van der Waals surface area (Å²) in [5.74, 6) is 0.527. The van der Waals surface area contributed by atoms with E-state index in [-0.39, 0.29) is 17.7 Å². The predicted octanol–water partition coefficient (Wildman–Crippen LogP) is 6.58. The fourth-order valence-corrected chi connectivity index (χ4v) is 5.40. The molecule has 2 fully saturated rings. The van der Waals surface area contributed by atoms with Gasteiger partial charge in [0.15, 0.2) is 0 Å². The Morgan fingerprint density at radius 3 is 2.41 bits per heavy atom. The van der Waals surface area contributed by atoms with Crippen molar-refractivity contribution in [3.8, 4) is 11.5 Å². The van der Waals surface area contributed by atoms with Gasteiger partial charge in [0.25, 0.3) is 0 Å². The number of benzene rings is 2. The molecule has 0 spiro atoms. The van der Waals surface area contributed by atoms with Crippen LogP contribution in [-0.2, 0) is 9.53 Å². The number of methoxy groups -OCH3 is 2. The monoisotopic (exact) mass is 472 g/mol. The van der Waals surface area contributed by atoms with Gasteiger partial charge in [0.05, 0.1) is 20.8 Å². The number of carbonyl (C=O) groups excluding carboxylic acids is 1. The van der Waals surface area contributed by atoms with E-state index < -0.39 is 17.6 Å². The average Bonchev–Trinajstić information content (AvgIpc) is 3.68. The minimum Gasteiger partial charge on any atom is -0.497 e. The van der Waals surface area contributed by atoms with Gasteiger partial charge < -0.3 is 14.2 Å². The number of ether oxygens (including phenoxy) is 3. The molecule has 184 valence electrons. The Kier molecular flexibility index (Phi) is 7.44. The number of rotatable bonds is 9. The van der Waals surface area contributed by atoms with Crippen LogP contribution in [0, 0.1) is 17.7 Å². The summed E-state index contributed by atoms with van der Waals surface area (Å²) in [6, 6.07) is 12.4. The molecule has 0 saturated heterocycles. The molecule has 2 aliphatic rings. The van der Waals surface area contributed by atoms with Crippen LogP contribution in [0.15, 0.2) is 42.5 Å². The molecule has 34 heavy (non-hydrogen) atoms. The third-order valence-electron chi connectivity index (χ3n) is 7.45. The second-order valence-electron chi connectivity index (χ2n) is 9.87. The van der Waals surface area contributed by atoms with E-state index in [1.54, 1.807) is 13.2 Å². The first kappa shape index (κ1) is 24.5. The fraction of sp³-hybridized carbons (Fsp3) is 0.536. The van der Waals surface area contributed by atoms with Crippen LogP contribution in [0.2, 0.25) is 0 Å². The number of alkyl halides is 1. The molecule has 2 saturated carbocycles. The first-order valence-corrected chi connectivity index (χ1v) is 12.2. The Hall–Kier alpha value is -2.63. The summed E-state index contributed by atoms with van der Waals surface area (Å²) in [5, 5.41) is 0. The van der Waals surface area contributed by atoms with Crippen LogP contribution in [0.5, 0.6) is 11.5 Å². The summed E-state index contributed by atoms with van der Waals surface area (Å²) in [6.45, 7) is 1.88. The normalized spacial score (nSPS) is 23.0. The quantitative estimate of drug-likeness (QED) is 0.387. The third-order valence-corrected chi connectivity index (χ3v) is 7.45. The summed E-state index contributed by atoms with van der Waals surface area (Å²) >= 11 is 0. The van der Waals surface area contributed by atoms with Gasteiger partial charge in [-0.05, 0) is 105 Å². The molecule has 2 aliphatic carbocycles. The van der Waals surface area contributed by atoms with Gasteiger partial charge in [-0.25, -0.2) is 13.6 Å². The number of hydrogen-bond acceptors (Lipinski definition) is 4. The lowest BCUT2D eigenvalue weighted by molar-refractivity contribution is -0.155. The Morgan fingerprint density at radius 2 is 1.76 bits per heavy atom.